The maximum Gasteiger partial charge on any atom is 0.00669 e. The molecule has 18 heavy (non-hydrogen) atoms. The fourth-order valence-corrected chi connectivity index (χ4v) is 2.75. The zero-order chi connectivity index (χ0) is 13.4. The molecule has 0 saturated heterocycles. The van der Waals surface area contributed by atoms with E-state index in [1.54, 1.807) is 0 Å². The van der Waals surface area contributed by atoms with E-state index in [1.807, 2.05) is 0 Å². The molecule has 0 saturated carbocycles. The van der Waals surface area contributed by atoms with Crippen molar-refractivity contribution in [3.8, 4) is 0 Å². The minimum atomic E-state index is 0.714. The van der Waals surface area contributed by atoms with Crippen LogP contribution in [0.2, 0.25) is 0 Å². The molecule has 0 heterocycles. The number of benzene rings is 1. The van der Waals surface area contributed by atoms with Crippen molar-refractivity contribution in [2.45, 2.75) is 65.8 Å². The molecule has 1 aromatic carbocycles. The van der Waals surface area contributed by atoms with Crippen LogP contribution in [-0.4, -0.2) is 12.6 Å². The van der Waals surface area contributed by atoms with Gasteiger partial charge in [0.15, 0.2) is 0 Å². The van der Waals surface area contributed by atoms with Crippen LogP contribution >= 0.6 is 0 Å². The van der Waals surface area contributed by atoms with E-state index in [9.17, 15) is 0 Å². The van der Waals surface area contributed by atoms with Crippen LogP contribution in [-0.2, 0) is 6.42 Å². The maximum absolute atomic E-state index is 3.59. The van der Waals surface area contributed by atoms with Crippen molar-refractivity contribution >= 4 is 0 Å². The molecule has 0 bridgehead atoms. The normalized spacial score (nSPS) is 12.7. The number of aryl methyl sites for hydroxylation is 3. The molecular formula is C17H29N. The van der Waals surface area contributed by atoms with Gasteiger partial charge in [0.2, 0.25) is 0 Å². The van der Waals surface area contributed by atoms with Crippen molar-refractivity contribution in [1.29, 1.82) is 0 Å². The SMILES string of the molecule is CCCC(CCCc1cc(C)cc(C)c1)NCC. The molecule has 1 N–H and O–H groups in total. The second kappa shape index (κ2) is 8.31. The van der Waals surface area contributed by atoms with Crippen LogP contribution in [0.4, 0.5) is 0 Å². The second-order valence-electron chi connectivity index (χ2n) is 5.43. The van der Waals surface area contributed by atoms with E-state index in [0.717, 1.165) is 6.54 Å². The van der Waals surface area contributed by atoms with E-state index >= 15 is 0 Å². The number of nitrogens with one attached hydrogen (secondary N) is 1. The Hall–Kier alpha value is -0.820. The summed E-state index contributed by atoms with van der Waals surface area (Å²) in [5.74, 6) is 0. The summed E-state index contributed by atoms with van der Waals surface area (Å²) in [5.41, 5.74) is 4.28. The van der Waals surface area contributed by atoms with Gasteiger partial charge in [-0.1, -0.05) is 49.6 Å². The Labute approximate surface area is 113 Å². The number of hydrogen-bond acceptors (Lipinski definition) is 1. The monoisotopic (exact) mass is 247 g/mol. The highest BCUT2D eigenvalue weighted by Gasteiger charge is 2.05. The van der Waals surface area contributed by atoms with Gasteiger partial charge in [-0.15, -0.1) is 0 Å². The van der Waals surface area contributed by atoms with E-state index in [2.05, 4.69) is 51.2 Å². The first-order chi connectivity index (χ1) is 8.65. The third-order valence-electron chi connectivity index (χ3n) is 3.43. The molecule has 0 aliphatic carbocycles. The number of rotatable bonds is 8. The summed E-state index contributed by atoms with van der Waals surface area (Å²) < 4.78 is 0. The predicted octanol–water partition coefficient (Wildman–Crippen LogP) is 4.40. The van der Waals surface area contributed by atoms with Crippen LogP contribution in [0.5, 0.6) is 0 Å². The van der Waals surface area contributed by atoms with E-state index in [-0.39, 0.29) is 0 Å². The molecule has 102 valence electrons. The van der Waals surface area contributed by atoms with Crippen LogP contribution in [0.1, 0.15) is 56.2 Å². The fraction of sp³-hybridized carbons (Fsp3) is 0.647. The Kier molecular flexibility index (Phi) is 7.04. The summed E-state index contributed by atoms with van der Waals surface area (Å²) in [4.78, 5) is 0. The summed E-state index contributed by atoms with van der Waals surface area (Å²) >= 11 is 0. The van der Waals surface area contributed by atoms with Crippen LogP contribution in [0.25, 0.3) is 0 Å². The summed E-state index contributed by atoms with van der Waals surface area (Å²) in [7, 11) is 0. The zero-order valence-corrected chi connectivity index (χ0v) is 12.6. The molecule has 0 fully saturated rings. The Bertz CT molecular complexity index is 317. The fourth-order valence-electron chi connectivity index (χ4n) is 2.75. The van der Waals surface area contributed by atoms with Crippen LogP contribution in [0.3, 0.4) is 0 Å². The van der Waals surface area contributed by atoms with E-state index < -0.39 is 0 Å². The van der Waals surface area contributed by atoms with E-state index in [4.69, 9.17) is 0 Å². The van der Waals surface area contributed by atoms with Crippen molar-refractivity contribution in [2.24, 2.45) is 0 Å². The first kappa shape index (κ1) is 15.2. The standard InChI is InChI=1S/C17H29N/c1-5-8-17(18-6-2)10-7-9-16-12-14(3)11-15(4)13-16/h11-13,17-18H,5-10H2,1-4H3. The highest BCUT2D eigenvalue weighted by Crippen LogP contribution is 2.13. The number of hydrogen-bond donors (Lipinski definition) is 1. The highest BCUT2D eigenvalue weighted by atomic mass is 14.9. The predicted molar refractivity (Wildman–Crippen MR) is 81.2 cm³/mol. The van der Waals surface area contributed by atoms with E-state index in [1.165, 1.54) is 48.8 Å². The summed E-state index contributed by atoms with van der Waals surface area (Å²) in [6.07, 6.45) is 6.39. The van der Waals surface area contributed by atoms with Gasteiger partial charge in [-0.3, -0.25) is 0 Å². The minimum Gasteiger partial charge on any atom is -0.314 e. The highest BCUT2D eigenvalue weighted by molar-refractivity contribution is 5.28. The zero-order valence-electron chi connectivity index (χ0n) is 12.6. The lowest BCUT2D eigenvalue weighted by Gasteiger charge is -2.17. The molecule has 1 rings (SSSR count). The molecule has 0 radical (unpaired) electrons. The Morgan fingerprint density at radius 3 is 2.22 bits per heavy atom. The van der Waals surface area contributed by atoms with Gasteiger partial charge in [-0.05, 0) is 51.6 Å². The molecule has 0 aliphatic rings. The average molecular weight is 247 g/mol. The molecule has 1 unspecified atom stereocenters. The van der Waals surface area contributed by atoms with Crippen molar-refractivity contribution in [2.75, 3.05) is 6.54 Å². The summed E-state index contributed by atoms with van der Waals surface area (Å²) in [5, 5.41) is 3.59. The Balaban J connectivity index is 2.39. The summed E-state index contributed by atoms with van der Waals surface area (Å²) in [6.45, 7) is 9.94. The van der Waals surface area contributed by atoms with Gasteiger partial charge in [0.05, 0.1) is 0 Å². The van der Waals surface area contributed by atoms with Crippen molar-refractivity contribution in [3.63, 3.8) is 0 Å². The van der Waals surface area contributed by atoms with Gasteiger partial charge in [0, 0.05) is 6.04 Å². The van der Waals surface area contributed by atoms with Gasteiger partial charge in [-0.25, -0.2) is 0 Å². The molecule has 1 nitrogen and oxygen atoms in total. The Morgan fingerprint density at radius 1 is 1.00 bits per heavy atom. The maximum atomic E-state index is 3.59. The molecule has 0 amide bonds. The van der Waals surface area contributed by atoms with Crippen LogP contribution < -0.4 is 5.32 Å². The molecule has 1 heteroatoms. The lowest BCUT2D eigenvalue weighted by Crippen LogP contribution is -2.28. The minimum absolute atomic E-state index is 0.714. The first-order valence-electron chi connectivity index (χ1n) is 7.46. The van der Waals surface area contributed by atoms with Crippen molar-refractivity contribution < 1.29 is 0 Å². The van der Waals surface area contributed by atoms with Crippen molar-refractivity contribution in [1.82, 2.24) is 5.32 Å². The summed E-state index contributed by atoms with van der Waals surface area (Å²) in [6, 6.07) is 7.62. The largest absolute Gasteiger partial charge is 0.314 e. The van der Waals surface area contributed by atoms with Gasteiger partial charge in [-0.2, -0.15) is 0 Å². The molecular weight excluding hydrogens is 218 g/mol. The lowest BCUT2D eigenvalue weighted by atomic mass is 9.99. The van der Waals surface area contributed by atoms with Crippen LogP contribution in [0.15, 0.2) is 18.2 Å². The van der Waals surface area contributed by atoms with Crippen LogP contribution in [0, 0.1) is 13.8 Å². The van der Waals surface area contributed by atoms with Gasteiger partial charge in [0.25, 0.3) is 0 Å². The second-order valence-corrected chi connectivity index (χ2v) is 5.43. The molecule has 1 atom stereocenters. The average Bonchev–Trinajstić information content (AvgIpc) is 2.28. The smallest absolute Gasteiger partial charge is 0.00669 e. The Morgan fingerprint density at radius 2 is 1.67 bits per heavy atom. The van der Waals surface area contributed by atoms with E-state index in [0.29, 0.717) is 6.04 Å². The molecule has 0 aromatic heterocycles. The molecule has 0 spiro atoms. The topological polar surface area (TPSA) is 12.0 Å². The molecule has 1 aromatic rings. The lowest BCUT2D eigenvalue weighted by molar-refractivity contribution is 0.447. The first-order valence-corrected chi connectivity index (χ1v) is 7.46. The van der Waals surface area contributed by atoms with Gasteiger partial charge >= 0.3 is 0 Å². The van der Waals surface area contributed by atoms with Crippen molar-refractivity contribution in [3.05, 3.63) is 34.9 Å². The molecule has 0 aliphatic heterocycles. The third-order valence-corrected chi connectivity index (χ3v) is 3.43. The van der Waals surface area contributed by atoms with Gasteiger partial charge < -0.3 is 5.32 Å². The quantitative estimate of drug-likeness (QED) is 0.717. The van der Waals surface area contributed by atoms with Gasteiger partial charge in [0.1, 0.15) is 0 Å². The third kappa shape index (κ3) is 5.68.